The molecule has 0 aromatic rings. The highest BCUT2D eigenvalue weighted by atomic mass is 16.5. The van der Waals surface area contributed by atoms with Crippen molar-refractivity contribution >= 4 is 5.91 Å². The van der Waals surface area contributed by atoms with Crippen molar-refractivity contribution in [1.82, 2.24) is 4.90 Å². The highest BCUT2D eigenvalue weighted by Crippen LogP contribution is 2.37. The summed E-state index contributed by atoms with van der Waals surface area (Å²) in [5.74, 6) is 0.995. The molecule has 0 radical (unpaired) electrons. The summed E-state index contributed by atoms with van der Waals surface area (Å²) in [4.78, 5) is 13.9. The fourth-order valence-electron chi connectivity index (χ4n) is 2.12. The summed E-state index contributed by atoms with van der Waals surface area (Å²) in [6.45, 7) is 3.79. The van der Waals surface area contributed by atoms with Gasteiger partial charge in [0, 0.05) is 19.0 Å². The van der Waals surface area contributed by atoms with E-state index in [9.17, 15) is 4.79 Å². The Morgan fingerprint density at radius 3 is 2.93 bits per heavy atom. The highest BCUT2D eigenvalue weighted by molar-refractivity contribution is 5.79. The molecular weight excluding hydrogens is 194 g/mol. The van der Waals surface area contributed by atoms with Gasteiger partial charge in [0.25, 0.3) is 0 Å². The maximum atomic E-state index is 12.0. The van der Waals surface area contributed by atoms with Gasteiger partial charge in [-0.15, -0.1) is 0 Å². The lowest BCUT2D eigenvalue weighted by molar-refractivity contribution is -0.144. The molecule has 0 bridgehead atoms. The summed E-state index contributed by atoms with van der Waals surface area (Å²) in [5.41, 5.74) is 0. The molecule has 2 fully saturated rings. The quantitative estimate of drug-likeness (QED) is 0.731. The lowest BCUT2D eigenvalue weighted by Crippen LogP contribution is -2.48. The Labute approximate surface area is 90.2 Å². The van der Waals surface area contributed by atoms with Gasteiger partial charge in [-0.2, -0.15) is 0 Å². The summed E-state index contributed by atoms with van der Waals surface area (Å²) in [5, 5.41) is 8.99. The van der Waals surface area contributed by atoms with Crippen LogP contribution in [0.15, 0.2) is 0 Å². The van der Waals surface area contributed by atoms with Gasteiger partial charge in [0.05, 0.1) is 19.3 Å². The molecule has 2 atom stereocenters. The number of morpholine rings is 1. The van der Waals surface area contributed by atoms with Gasteiger partial charge in [-0.05, 0) is 18.8 Å². The van der Waals surface area contributed by atoms with E-state index in [1.165, 1.54) is 12.8 Å². The summed E-state index contributed by atoms with van der Waals surface area (Å²) in [7, 11) is 0. The monoisotopic (exact) mass is 213 g/mol. The Kier molecular flexibility index (Phi) is 3.26. The van der Waals surface area contributed by atoms with Crippen LogP contribution in [0.4, 0.5) is 0 Å². The van der Waals surface area contributed by atoms with Crippen LogP contribution in [-0.2, 0) is 9.53 Å². The van der Waals surface area contributed by atoms with Crippen molar-refractivity contribution in [1.29, 1.82) is 0 Å². The van der Waals surface area contributed by atoms with Crippen LogP contribution < -0.4 is 0 Å². The number of hydrogen-bond donors (Lipinski definition) is 1. The molecule has 2 aliphatic rings. The van der Waals surface area contributed by atoms with Crippen molar-refractivity contribution in [2.24, 2.45) is 11.8 Å². The van der Waals surface area contributed by atoms with E-state index in [-0.39, 0.29) is 24.5 Å². The second-order valence-corrected chi connectivity index (χ2v) is 4.59. The Morgan fingerprint density at radius 1 is 1.60 bits per heavy atom. The summed E-state index contributed by atoms with van der Waals surface area (Å²) >= 11 is 0. The van der Waals surface area contributed by atoms with Gasteiger partial charge in [0.1, 0.15) is 0 Å². The minimum absolute atomic E-state index is 0.00158. The summed E-state index contributed by atoms with van der Waals surface area (Å²) in [6.07, 6.45) is 2.20. The molecule has 1 aliphatic heterocycles. The Bertz CT molecular complexity index is 240. The molecule has 0 aromatic heterocycles. The number of carbonyl (C=O) groups excluding carboxylic acids is 1. The number of ether oxygens (including phenoxy) is 1. The maximum Gasteiger partial charge on any atom is 0.225 e. The second-order valence-electron chi connectivity index (χ2n) is 4.59. The van der Waals surface area contributed by atoms with Crippen LogP contribution in [-0.4, -0.2) is 48.3 Å². The van der Waals surface area contributed by atoms with E-state index in [0.717, 1.165) is 0 Å². The molecule has 86 valence electrons. The predicted octanol–water partition coefficient (Wildman–Crippen LogP) is 0.252. The number of nitrogens with zero attached hydrogens (tertiary/aromatic N) is 1. The molecule has 1 saturated carbocycles. The third-order valence-corrected chi connectivity index (χ3v) is 3.37. The third kappa shape index (κ3) is 2.49. The minimum atomic E-state index is -0.186. The van der Waals surface area contributed by atoms with E-state index in [1.807, 2.05) is 11.8 Å². The highest BCUT2D eigenvalue weighted by Gasteiger charge is 2.36. The van der Waals surface area contributed by atoms with E-state index < -0.39 is 0 Å². The molecule has 2 unspecified atom stereocenters. The lowest BCUT2D eigenvalue weighted by Gasteiger charge is -2.33. The van der Waals surface area contributed by atoms with Crippen LogP contribution in [0.25, 0.3) is 0 Å². The molecule has 4 nitrogen and oxygen atoms in total. The smallest absolute Gasteiger partial charge is 0.225 e. The topological polar surface area (TPSA) is 49.8 Å². The average molecular weight is 213 g/mol. The molecule has 1 heterocycles. The van der Waals surface area contributed by atoms with Gasteiger partial charge in [0.15, 0.2) is 0 Å². The van der Waals surface area contributed by atoms with E-state index in [4.69, 9.17) is 9.84 Å². The van der Waals surface area contributed by atoms with Gasteiger partial charge >= 0.3 is 0 Å². The van der Waals surface area contributed by atoms with Crippen LogP contribution >= 0.6 is 0 Å². The van der Waals surface area contributed by atoms with Crippen molar-refractivity contribution in [2.45, 2.75) is 25.9 Å². The first-order chi connectivity index (χ1) is 7.22. The molecule has 1 N–H and O–H groups in total. The molecule has 1 aliphatic carbocycles. The lowest BCUT2D eigenvalue weighted by atomic mass is 10.0. The van der Waals surface area contributed by atoms with Crippen molar-refractivity contribution in [3.05, 3.63) is 0 Å². The molecule has 1 amide bonds. The number of rotatable bonds is 3. The van der Waals surface area contributed by atoms with Gasteiger partial charge in [-0.3, -0.25) is 4.79 Å². The van der Waals surface area contributed by atoms with E-state index in [0.29, 0.717) is 25.6 Å². The first kappa shape index (κ1) is 10.9. The van der Waals surface area contributed by atoms with Crippen molar-refractivity contribution in [2.75, 3.05) is 26.3 Å². The number of hydrogen-bond acceptors (Lipinski definition) is 3. The molecule has 0 spiro atoms. The molecule has 4 heteroatoms. The Hall–Kier alpha value is -0.610. The van der Waals surface area contributed by atoms with Crippen molar-refractivity contribution in [3.8, 4) is 0 Å². The number of amides is 1. The van der Waals surface area contributed by atoms with Gasteiger partial charge in [-0.1, -0.05) is 6.92 Å². The number of aliphatic hydroxyl groups excluding tert-OH is 1. The number of aliphatic hydroxyl groups is 1. The fraction of sp³-hybridized carbons (Fsp3) is 0.909. The predicted molar refractivity (Wildman–Crippen MR) is 55.3 cm³/mol. The zero-order valence-corrected chi connectivity index (χ0v) is 9.19. The van der Waals surface area contributed by atoms with Crippen molar-refractivity contribution < 1.29 is 14.6 Å². The van der Waals surface area contributed by atoms with Crippen LogP contribution in [0.1, 0.15) is 19.8 Å². The average Bonchev–Trinajstić information content (AvgIpc) is 3.11. The Balaban J connectivity index is 1.88. The van der Waals surface area contributed by atoms with Crippen LogP contribution in [0, 0.1) is 11.8 Å². The maximum absolute atomic E-state index is 12.0. The first-order valence-corrected chi connectivity index (χ1v) is 5.73. The molecular formula is C11H19NO3. The SMILES string of the molecule is CC(C(=O)N1CCOC(CO)C1)C1CC1. The van der Waals surface area contributed by atoms with Crippen molar-refractivity contribution in [3.63, 3.8) is 0 Å². The molecule has 1 saturated heterocycles. The van der Waals surface area contributed by atoms with E-state index >= 15 is 0 Å². The van der Waals surface area contributed by atoms with Crippen LogP contribution in [0.5, 0.6) is 0 Å². The zero-order valence-electron chi connectivity index (χ0n) is 9.19. The van der Waals surface area contributed by atoms with E-state index in [1.54, 1.807) is 0 Å². The fourth-order valence-corrected chi connectivity index (χ4v) is 2.12. The van der Waals surface area contributed by atoms with Crippen LogP contribution in [0.2, 0.25) is 0 Å². The number of carbonyl (C=O) groups is 1. The first-order valence-electron chi connectivity index (χ1n) is 5.73. The summed E-state index contributed by atoms with van der Waals surface area (Å²) in [6, 6.07) is 0. The van der Waals surface area contributed by atoms with Crippen LogP contribution in [0.3, 0.4) is 0 Å². The van der Waals surface area contributed by atoms with Gasteiger partial charge in [-0.25, -0.2) is 0 Å². The normalized spacial score (nSPS) is 28.9. The minimum Gasteiger partial charge on any atom is -0.394 e. The van der Waals surface area contributed by atoms with Gasteiger partial charge in [0.2, 0.25) is 5.91 Å². The molecule has 0 aromatic carbocycles. The molecule has 15 heavy (non-hydrogen) atoms. The Morgan fingerprint density at radius 2 is 2.33 bits per heavy atom. The standard InChI is InChI=1S/C11H19NO3/c1-8(9-2-3-9)11(14)12-4-5-15-10(6-12)7-13/h8-10,13H,2-7H2,1H3. The zero-order chi connectivity index (χ0) is 10.8. The van der Waals surface area contributed by atoms with Gasteiger partial charge < -0.3 is 14.7 Å². The largest absolute Gasteiger partial charge is 0.394 e. The second kappa shape index (κ2) is 4.49. The summed E-state index contributed by atoms with van der Waals surface area (Å²) < 4.78 is 5.32. The molecule has 2 rings (SSSR count). The van der Waals surface area contributed by atoms with E-state index in [2.05, 4.69) is 0 Å². The third-order valence-electron chi connectivity index (χ3n) is 3.37.